The van der Waals surface area contributed by atoms with Gasteiger partial charge in [0.25, 0.3) is 0 Å². The Morgan fingerprint density at radius 1 is 1.09 bits per heavy atom. The quantitative estimate of drug-likeness (QED) is 0.886. The van der Waals surface area contributed by atoms with Gasteiger partial charge in [0, 0.05) is 17.8 Å². The number of carboxylic acids is 1. The summed E-state index contributed by atoms with van der Waals surface area (Å²) in [6.07, 6.45) is 2.25. The van der Waals surface area contributed by atoms with Crippen LogP contribution in [-0.2, 0) is 11.3 Å². The number of halogens is 1. The summed E-state index contributed by atoms with van der Waals surface area (Å²) in [5.41, 5.74) is 1.55. The number of benzene rings is 1. The van der Waals surface area contributed by atoms with E-state index in [0.29, 0.717) is 29.9 Å². The molecular formula is C17H16FNO3. The predicted molar refractivity (Wildman–Crippen MR) is 78.5 cm³/mol. The topological polar surface area (TPSA) is 59.3 Å². The Labute approximate surface area is 127 Å². The van der Waals surface area contributed by atoms with Gasteiger partial charge in [-0.15, -0.1) is 0 Å². The first-order valence-corrected chi connectivity index (χ1v) is 7.30. The van der Waals surface area contributed by atoms with Gasteiger partial charge in [-0.3, -0.25) is 9.59 Å². The van der Waals surface area contributed by atoms with Gasteiger partial charge in [-0.05, 0) is 49.2 Å². The zero-order valence-electron chi connectivity index (χ0n) is 12.0. The zero-order valence-corrected chi connectivity index (χ0v) is 12.0. The van der Waals surface area contributed by atoms with Crippen molar-refractivity contribution in [3.8, 4) is 0 Å². The van der Waals surface area contributed by atoms with Gasteiger partial charge in [0.2, 0.25) is 5.78 Å². The summed E-state index contributed by atoms with van der Waals surface area (Å²) >= 11 is 0. The molecule has 0 amide bonds. The van der Waals surface area contributed by atoms with E-state index in [0.717, 1.165) is 12.8 Å². The number of hydrogen-bond donors (Lipinski definition) is 1. The fourth-order valence-corrected chi connectivity index (χ4v) is 3.00. The SMILES string of the molecule is O=C(c1ccc(F)cc1)c1ccc2n1CCCCC2C(=O)O. The van der Waals surface area contributed by atoms with Crippen molar-refractivity contribution < 1.29 is 19.1 Å². The molecule has 22 heavy (non-hydrogen) atoms. The smallest absolute Gasteiger partial charge is 0.312 e. The van der Waals surface area contributed by atoms with Crippen LogP contribution in [0.5, 0.6) is 0 Å². The summed E-state index contributed by atoms with van der Waals surface area (Å²) in [7, 11) is 0. The van der Waals surface area contributed by atoms with Crippen LogP contribution in [0.15, 0.2) is 36.4 Å². The zero-order chi connectivity index (χ0) is 15.7. The Morgan fingerprint density at radius 3 is 2.50 bits per heavy atom. The van der Waals surface area contributed by atoms with E-state index >= 15 is 0 Å². The van der Waals surface area contributed by atoms with Crippen molar-refractivity contribution in [1.82, 2.24) is 4.57 Å². The highest BCUT2D eigenvalue weighted by atomic mass is 19.1. The van der Waals surface area contributed by atoms with Crippen LogP contribution in [0.2, 0.25) is 0 Å². The standard InChI is InChI=1S/C17H16FNO3/c18-12-6-4-11(5-7-12)16(20)15-9-8-14-13(17(21)22)3-1-2-10-19(14)15/h4-9,13H,1-3,10H2,(H,21,22). The Balaban J connectivity index is 2.00. The first-order valence-electron chi connectivity index (χ1n) is 7.30. The Bertz CT molecular complexity index is 718. The van der Waals surface area contributed by atoms with E-state index in [2.05, 4.69) is 0 Å². The highest BCUT2D eigenvalue weighted by Gasteiger charge is 2.28. The molecule has 1 N–H and O–H groups in total. The summed E-state index contributed by atoms with van der Waals surface area (Å²) in [6.45, 7) is 0.633. The van der Waals surface area contributed by atoms with Crippen molar-refractivity contribution in [3.63, 3.8) is 0 Å². The van der Waals surface area contributed by atoms with E-state index in [-0.39, 0.29) is 5.78 Å². The molecule has 3 rings (SSSR count). The summed E-state index contributed by atoms with van der Waals surface area (Å²) in [5, 5.41) is 9.37. The number of carboxylic acid groups (broad SMARTS) is 1. The molecule has 4 nitrogen and oxygen atoms in total. The number of aliphatic carboxylic acids is 1. The molecule has 0 aliphatic carbocycles. The van der Waals surface area contributed by atoms with Gasteiger partial charge in [-0.2, -0.15) is 0 Å². The second kappa shape index (κ2) is 5.75. The number of fused-ring (bicyclic) bond motifs is 1. The number of aromatic nitrogens is 1. The number of ketones is 1. The van der Waals surface area contributed by atoms with Crippen LogP contribution < -0.4 is 0 Å². The van der Waals surface area contributed by atoms with E-state index < -0.39 is 17.7 Å². The van der Waals surface area contributed by atoms with Crippen LogP contribution in [0.25, 0.3) is 0 Å². The van der Waals surface area contributed by atoms with Crippen LogP contribution in [0.3, 0.4) is 0 Å². The minimum atomic E-state index is -0.859. The first kappa shape index (κ1) is 14.5. The Hall–Kier alpha value is -2.43. The molecule has 1 unspecified atom stereocenters. The number of carbonyl (C=O) groups is 2. The molecular weight excluding hydrogens is 285 g/mol. The molecule has 1 aliphatic heterocycles. The van der Waals surface area contributed by atoms with E-state index in [1.165, 1.54) is 24.3 Å². The highest BCUT2D eigenvalue weighted by molar-refractivity contribution is 6.08. The number of carbonyl (C=O) groups excluding carboxylic acids is 1. The van der Waals surface area contributed by atoms with Gasteiger partial charge < -0.3 is 9.67 Å². The third kappa shape index (κ3) is 2.54. The van der Waals surface area contributed by atoms with Crippen molar-refractivity contribution in [3.05, 3.63) is 59.2 Å². The Morgan fingerprint density at radius 2 is 1.82 bits per heavy atom. The molecule has 2 aromatic rings. The van der Waals surface area contributed by atoms with Gasteiger partial charge in [0.1, 0.15) is 5.82 Å². The molecule has 0 radical (unpaired) electrons. The molecule has 1 aromatic heterocycles. The maximum atomic E-state index is 13.0. The summed E-state index contributed by atoms with van der Waals surface area (Å²) in [4.78, 5) is 24.0. The number of nitrogens with zero attached hydrogens (tertiary/aromatic N) is 1. The molecule has 114 valence electrons. The monoisotopic (exact) mass is 301 g/mol. The maximum absolute atomic E-state index is 13.0. The third-order valence-electron chi connectivity index (χ3n) is 4.13. The maximum Gasteiger partial charge on any atom is 0.312 e. The van der Waals surface area contributed by atoms with E-state index in [4.69, 9.17) is 0 Å². The van der Waals surface area contributed by atoms with E-state index in [1.54, 1.807) is 16.7 Å². The molecule has 0 saturated carbocycles. The lowest BCUT2D eigenvalue weighted by Gasteiger charge is -2.13. The normalized spacial score (nSPS) is 17.6. The van der Waals surface area contributed by atoms with Crippen molar-refractivity contribution in [2.45, 2.75) is 31.7 Å². The van der Waals surface area contributed by atoms with Crippen LogP contribution >= 0.6 is 0 Å². The fourth-order valence-electron chi connectivity index (χ4n) is 3.00. The predicted octanol–water partition coefficient (Wildman–Crippen LogP) is 3.21. The van der Waals surface area contributed by atoms with Gasteiger partial charge in [-0.25, -0.2) is 4.39 Å². The molecule has 5 heteroatoms. The van der Waals surface area contributed by atoms with E-state index in [1.807, 2.05) is 0 Å². The summed E-state index contributed by atoms with van der Waals surface area (Å²) < 4.78 is 14.8. The number of hydrogen-bond acceptors (Lipinski definition) is 2. The average molecular weight is 301 g/mol. The molecule has 0 spiro atoms. The first-order chi connectivity index (χ1) is 10.6. The lowest BCUT2D eigenvalue weighted by atomic mass is 10.0. The van der Waals surface area contributed by atoms with Gasteiger partial charge >= 0.3 is 5.97 Å². The lowest BCUT2D eigenvalue weighted by molar-refractivity contribution is -0.139. The third-order valence-corrected chi connectivity index (χ3v) is 4.13. The minimum absolute atomic E-state index is 0.211. The minimum Gasteiger partial charge on any atom is -0.481 e. The second-order valence-corrected chi connectivity index (χ2v) is 5.52. The van der Waals surface area contributed by atoms with Gasteiger partial charge in [0.15, 0.2) is 0 Å². The van der Waals surface area contributed by atoms with Crippen LogP contribution in [-0.4, -0.2) is 21.4 Å². The van der Waals surface area contributed by atoms with Gasteiger partial charge in [-0.1, -0.05) is 6.42 Å². The van der Waals surface area contributed by atoms with Crippen molar-refractivity contribution in [2.75, 3.05) is 0 Å². The van der Waals surface area contributed by atoms with E-state index in [9.17, 15) is 19.1 Å². The summed E-state index contributed by atoms with van der Waals surface area (Å²) in [5.74, 6) is -2.03. The molecule has 1 atom stereocenters. The van der Waals surface area contributed by atoms with Crippen LogP contribution in [0.1, 0.15) is 46.9 Å². The number of rotatable bonds is 3. The largest absolute Gasteiger partial charge is 0.481 e. The van der Waals surface area contributed by atoms with Crippen LogP contribution in [0.4, 0.5) is 4.39 Å². The molecule has 0 bridgehead atoms. The molecule has 0 fully saturated rings. The molecule has 2 heterocycles. The van der Waals surface area contributed by atoms with Gasteiger partial charge in [0.05, 0.1) is 11.6 Å². The fraction of sp³-hybridized carbons (Fsp3) is 0.294. The van der Waals surface area contributed by atoms with Crippen molar-refractivity contribution in [2.24, 2.45) is 0 Å². The van der Waals surface area contributed by atoms with Crippen molar-refractivity contribution in [1.29, 1.82) is 0 Å². The second-order valence-electron chi connectivity index (χ2n) is 5.52. The molecule has 1 aliphatic rings. The molecule has 1 aromatic carbocycles. The summed E-state index contributed by atoms with van der Waals surface area (Å²) in [6, 6.07) is 8.79. The Kier molecular flexibility index (Phi) is 3.79. The highest BCUT2D eigenvalue weighted by Crippen LogP contribution is 2.29. The lowest BCUT2D eigenvalue weighted by Crippen LogP contribution is -2.16. The molecule has 0 saturated heterocycles. The average Bonchev–Trinajstić information content (AvgIpc) is 2.79. The van der Waals surface area contributed by atoms with Crippen LogP contribution in [0, 0.1) is 5.82 Å². The van der Waals surface area contributed by atoms with Crippen molar-refractivity contribution >= 4 is 11.8 Å².